The Morgan fingerprint density at radius 2 is 1.95 bits per heavy atom. The van der Waals surface area contributed by atoms with Crippen molar-refractivity contribution in [1.82, 2.24) is 4.98 Å². The maximum atomic E-state index is 12.5. The minimum atomic E-state index is -3.43. The molecule has 2 aromatic rings. The van der Waals surface area contributed by atoms with Crippen LogP contribution >= 0.6 is 0 Å². The molecule has 0 aliphatic rings. The first-order chi connectivity index (χ1) is 9.40. The molecule has 0 aliphatic heterocycles. The van der Waals surface area contributed by atoms with Crippen molar-refractivity contribution < 1.29 is 8.42 Å². The summed E-state index contributed by atoms with van der Waals surface area (Å²) in [5, 5.41) is 0. The lowest BCUT2D eigenvalue weighted by Gasteiger charge is -2.13. The van der Waals surface area contributed by atoms with Gasteiger partial charge in [-0.15, -0.1) is 0 Å². The highest BCUT2D eigenvalue weighted by Gasteiger charge is 2.22. The number of nitrogens with zero attached hydrogens (tertiary/aromatic N) is 1. The molecule has 20 heavy (non-hydrogen) atoms. The lowest BCUT2D eigenvalue weighted by Crippen LogP contribution is -2.23. The fraction of sp³-hybridized carbons (Fsp3) is 0.267. The summed E-state index contributed by atoms with van der Waals surface area (Å²) in [5.41, 5.74) is 8.21. The van der Waals surface area contributed by atoms with Gasteiger partial charge in [0.1, 0.15) is 0 Å². The number of aryl methyl sites for hydroxylation is 2. The first-order valence-corrected chi connectivity index (χ1v) is 8.02. The molecule has 1 atom stereocenters. The van der Waals surface area contributed by atoms with Crippen molar-refractivity contribution in [2.24, 2.45) is 5.73 Å². The standard InChI is InChI=1S/C15H18N2O2S/c1-11-6-7-12(2)15(9-11)20(18,19)10-13(16)14-5-3-4-8-17-14/h3-9,13H,10,16H2,1-2H3. The van der Waals surface area contributed by atoms with Crippen molar-refractivity contribution in [3.8, 4) is 0 Å². The molecule has 0 bridgehead atoms. The minimum absolute atomic E-state index is 0.145. The summed E-state index contributed by atoms with van der Waals surface area (Å²) in [6.45, 7) is 3.66. The van der Waals surface area contributed by atoms with Crippen molar-refractivity contribution in [3.63, 3.8) is 0 Å². The second-order valence-corrected chi connectivity index (χ2v) is 6.91. The van der Waals surface area contributed by atoms with E-state index in [0.717, 1.165) is 11.1 Å². The summed E-state index contributed by atoms with van der Waals surface area (Å²) < 4.78 is 25.0. The van der Waals surface area contributed by atoms with Gasteiger partial charge in [0.2, 0.25) is 0 Å². The Balaban J connectivity index is 2.30. The van der Waals surface area contributed by atoms with E-state index >= 15 is 0 Å². The topological polar surface area (TPSA) is 73.0 Å². The molecule has 0 saturated carbocycles. The molecule has 1 heterocycles. The zero-order valence-electron chi connectivity index (χ0n) is 11.6. The summed E-state index contributed by atoms with van der Waals surface area (Å²) >= 11 is 0. The molecule has 2 rings (SSSR count). The predicted molar refractivity (Wildman–Crippen MR) is 79.1 cm³/mol. The van der Waals surface area contributed by atoms with Gasteiger partial charge in [0.05, 0.1) is 22.4 Å². The zero-order valence-corrected chi connectivity index (χ0v) is 12.4. The van der Waals surface area contributed by atoms with E-state index in [1.54, 1.807) is 37.4 Å². The lowest BCUT2D eigenvalue weighted by molar-refractivity contribution is 0.587. The van der Waals surface area contributed by atoms with E-state index in [2.05, 4.69) is 4.98 Å². The van der Waals surface area contributed by atoms with E-state index in [0.29, 0.717) is 10.6 Å². The van der Waals surface area contributed by atoms with Gasteiger partial charge in [-0.3, -0.25) is 4.98 Å². The molecule has 1 aromatic heterocycles. The van der Waals surface area contributed by atoms with E-state index in [1.165, 1.54) is 0 Å². The number of sulfone groups is 1. The van der Waals surface area contributed by atoms with Crippen molar-refractivity contribution in [3.05, 3.63) is 59.4 Å². The summed E-state index contributed by atoms with van der Waals surface area (Å²) in [6, 6.07) is 10.1. The molecule has 2 N–H and O–H groups in total. The number of aromatic nitrogens is 1. The summed E-state index contributed by atoms with van der Waals surface area (Å²) in [7, 11) is -3.43. The second kappa shape index (κ2) is 5.73. The fourth-order valence-corrected chi connectivity index (χ4v) is 3.80. The molecule has 0 amide bonds. The first-order valence-electron chi connectivity index (χ1n) is 6.36. The molecule has 0 spiro atoms. The molecule has 1 unspecified atom stereocenters. The molecular weight excluding hydrogens is 272 g/mol. The molecule has 0 saturated heterocycles. The Bertz CT molecular complexity index is 697. The second-order valence-electron chi connectivity index (χ2n) is 4.91. The molecule has 106 valence electrons. The van der Waals surface area contributed by atoms with Crippen LogP contribution in [0.2, 0.25) is 0 Å². The molecular formula is C15H18N2O2S. The largest absolute Gasteiger partial charge is 0.322 e. The Morgan fingerprint density at radius 3 is 2.60 bits per heavy atom. The third-order valence-corrected chi connectivity index (χ3v) is 5.05. The van der Waals surface area contributed by atoms with Crippen LogP contribution in [0.15, 0.2) is 47.5 Å². The Morgan fingerprint density at radius 1 is 1.20 bits per heavy atom. The molecule has 0 radical (unpaired) electrons. The van der Waals surface area contributed by atoms with Gasteiger partial charge in [-0.05, 0) is 43.2 Å². The first kappa shape index (κ1) is 14.7. The zero-order chi connectivity index (χ0) is 14.8. The Kier molecular flexibility index (Phi) is 4.20. The van der Waals surface area contributed by atoms with Crippen LogP contribution in [0.3, 0.4) is 0 Å². The molecule has 0 fully saturated rings. The number of benzene rings is 1. The van der Waals surface area contributed by atoms with E-state index in [9.17, 15) is 8.42 Å². The van der Waals surface area contributed by atoms with Gasteiger partial charge < -0.3 is 5.73 Å². The summed E-state index contributed by atoms with van der Waals surface area (Å²) in [5.74, 6) is -0.145. The lowest BCUT2D eigenvalue weighted by atomic mass is 10.2. The highest BCUT2D eigenvalue weighted by Crippen LogP contribution is 2.21. The SMILES string of the molecule is Cc1ccc(C)c(S(=O)(=O)CC(N)c2ccccn2)c1. The fourth-order valence-electron chi connectivity index (χ4n) is 2.05. The number of hydrogen-bond acceptors (Lipinski definition) is 4. The number of nitrogens with two attached hydrogens (primary N) is 1. The van der Waals surface area contributed by atoms with Gasteiger partial charge in [-0.25, -0.2) is 8.42 Å². The van der Waals surface area contributed by atoms with E-state index in [1.807, 2.05) is 19.1 Å². The summed E-state index contributed by atoms with van der Waals surface area (Å²) in [6.07, 6.45) is 1.61. The van der Waals surface area contributed by atoms with Crippen molar-refractivity contribution >= 4 is 9.84 Å². The van der Waals surface area contributed by atoms with E-state index < -0.39 is 15.9 Å². The van der Waals surface area contributed by atoms with E-state index in [4.69, 9.17) is 5.73 Å². The maximum Gasteiger partial charge on any atom is 0.180 e. The third-order valence-electron chi connectivity index (χ3n) is 3.15. The summed E-state index contributed by atoms with van der Waals surface area (Å²) in [4.78, 5) is 4.46. The number of pyridine rings is 1. The minimum Gasteiger partial charge on any atom is -0.322 e. The van der Waals surface area contributed by atoms with Crippen molar-refractivity contribution in [1.29, 1.82) is 0 Å². The van der Waals surface area contributed by atoms with Gasteiger partial charge >= 0.3 is 0 Å². The molecule has 0 aliphatic carbocycles. The third kappa shape index (κ3) is 3.23. The number of rotatable bonds is 4. The van der Waals surface area contributed by atoms with Crippen LogP contribution in [-0.4, -0.2) is 19.2 Å². The van der Waals surface area contributed by atoms with Gasteiger partial charge in [-0.2, -0.15) is 0 Å². The van der Waals surface area contributed by atoms with Crippen LogP contribution in [0, 0.1) is 13.8 Å². The van der Waals surface area contributed by atoms with Gasteiger partial charge in [0.25, 0.3) is 0 Å². The van der Waals surface area contributed by atoms with E-state index in [-0.39, 0.29) is 5.75 Å². The molecule has 5 heteroatoms. The van der Waals surface area contributed by atoms with Crippen LogP contribution in [0.5, 0.6) is 0 Å². The Hall–Kier alpha value is -1.72. The highest BCUT2D eigenvalue weighted by atomic mass is 32.2. The van der Waals surface area contributed by atoms with Crippen LogP contribution < -0.4 is 5.73 Å². The van der Waals surface area contributed by atoms with Crippen LogP contribution in [-0.2, 0) is 9.84 Å². The van der Waals surface area contributed by atoms with Crippen LogP contribution in [0.4, 0.5) is 0 Å². The van der Waals surface area contributed by atoms with Gasteiger partial charge in [0.15, 0.2) is 9.84 Å². The molecule has 1 aromatic carbocycles. The van der Waals surface area contributed by atoms with Crippen LogP contribution in [0.25, 0.3) is 0 Å². The Labute approximate surface area is 119 Å². The molecule has 4 nitrogen and oxygen atoms in total. The number of hydrogen-bond donors (Lipinski definition) is 1. The predicted octanol–water partition coefficient (Wildman–Crippen LogP) is 2.17. The van der Waals surface area contributed by atoms with Gasteiger partial charge in [-0.1, -0.05) is 18.2 Å². The highest BCUT2D eigenvalue weighted by molar-refractivity contribution is 7.91. The maximum absolute atomic E-state index is 12.5. The quantitative estimate of drug-likeness (QED) is 0.936. The monoisotopic (exact) mass is 290 g/mol. The van der Waals surface area contributed by atoms with Gasteiger partial charge in [0, 0.05) is 6.20 Å². The smallest absolute Gasteiger partial charge is 0.180 e. The van der Waals surface area contributed by atoms with Crippen molar-refractivity contribution in [2.75, 3.05) is 5.75 Å². The van der Waals surface area contributed by atoms with Crippen molar-refractivity contribution in [2.45, 2.75) is 24.8 Å². The average Bonchev–Trinajstić information content (AvgIpc) is 2.42. The van der Waals surface area contributed by atoms with Crippen LogP contribution in [0.1, 0.15) is 22.9 Å². The average molecular weight is 290 g/mol. The normalized spacial score (nSPS) is 13.2.